The van der Waals surface area contributed by atoms with Crippen molar-refractivity contribution in [2.45, 2.75) is 6.18 Å². The van der Waals surface area contributed by atoms with E-state index in [1.165, 1.54) is 6.07 Å². The lowest BCUT2D eigenvalue weighted by atomic mass is 10.2. The van der Waals surface area contributed by atoms with Gasteiger partial charge in [0, 0.05) is 16.9 Å². The van der Waals surface area contributed by atoms with Gasteiger partial charge < -0.3 is 4.90 Å². The van der Waals surface area contributed by atoms with Crippen LogP contribution in [0, 0.1) is 5.82 Å². The second-order valence-electron chi connectivity index (χ2n) is 3.66. The van der Waals surface area contributed by atoms with Crippen molar-refractivity contribution in [1.29, 1.82) is 0 Å². The number of amides is 1. The van der Waals surface area contributed by atoms with Gasteiger partial charge in [-0.05, 0) is 18.2 Å². The number of alkyl halides is 4. The number of hydrogen-bond acceptors (Lipinski definition) is 1. The molecule has 0 atom stereocenters. The number of carbonyl (C=O) groups is 1. The molecule has 0 N–H and O–H groups in total. The minimum absolute atomic E-state index is 0.0666. The molecule has 0 aliphatic heterocycles. The summed E-state index contributed by atoms with van der Waals surface area (Å²) in [5.74, 6) is -1.97. The van der Waals surface area contributed by atoms with Crippen LogP contribution in [0.2, 0.25) is 5.02 Å². The maximum absolute atomic E-state index is 13.5. The molecule has 0 spiro atoms. The Morgan fingerprint density at radius 1 is 1.37 bits per heavy atom. The van der Waals surface area contributed by atoms with E-state index < -0.39 is 30.0 Å². The topological polar surface area (TPSA) is 20.3 Å². The van der Waals surface area contributed by atoms with Crippen LogP contribution in [0.5, 0.6) is 0 Å². The van der Waals surface area contributed by atoms with Crippen molar-refractivity contribution in [3.05, 3.63) is 34.6 Å². The molecule has 0 saturated carbocycles. The van der Waals surface area contributed by atoms with Crippen LogP contribution < -0.4 is 0 Å². The third-order valence-electron chi connectivity index (χ3n) is 2.17. The monoisotopic (exact) mass is 361 g/mol. The highest BCUT2D eigenvalue weighted by Crippen LogP contribution is 2.20. The fraction of sp³-hybridized carbons (Fsp3) is 0.364. The number of rotatable bonds is 4. The average molecular weight is 363 g/mol. The van der Waals surface area contributed by atoms with Gasteiger partial charge in [0.15, 0.2) is 0 Å². The molecule has 8 heteroatoms. The highest BCUT2D eigenvalue weighted by atomic mass is 79.9. The van der Waals surface area contributed by atoms with E-state index in [1.54, 1.807) is 0 Å². The molecule has 0 unspecified atom stereocenters. The zero-order valence-corrected chi connectivity index (χ0v) is 11.8. The van der Waals surface area contributed by atoms with Crippen molar-refractivity contribution in [2.75, 3.05) is 18.4 Å². The first-order valence-corrected chi connectivity index (χ1v) is 6.61. The number of benzene rings is 1. The average Bonchev–Trinajstić information content (AvgIpc) is 2.26. The minimum Gasteiger partial charge on any atom is -0.329 e. The number of carbonyl (C=O) groups excluding carboxylic acids is 1. The lowest BCUT2D eigenvalue weighted by Crippen LogP contribution is -2.40. The molecule has 1 amide bonds. The Bertz CT molecular complexity index is 466. The van der Waals surface area contributed by atoms with E-state index in [2.05, 4.69) is 15.9 Å². The van der Waals surface area contributed by atoms with Crippen molar-refractivity contribution >= 4 is 33.4 Å². The first kappa shape index (κ1) is 16.2. The molecule has 0 aromatic heterocycles. The smallest absolute Gasteiger partial charge is 0.329 e. The van der Waals surface area contributed by atoms with E-state index in [4.69, 9.17) is 11.6 Å². The largest absolute Gasteiger partial charge is 0.406 e. The normalized spacial score (nSPS) is 11.5. The molecule has 0 fully saturated rings. The summed E-state index contributed by atoms with van der Waals surface area (Å²) in [5.41, 5.74) is -0.436. The molecule has 1 aromatic rings. The van der Waals surface area contributed by atoms with E-state index in [-0.39, 0.29) is 16.9 Å². The highest BCUT2D eigenvalue weighted by Gasteiger charge is 2.33. The Balaban J connectivity index is 2.99. The molecule has 0 saturated heterocycles. The molecule has 19 heavy (non-hydrogen) atoms. The molecule has 0 aliphatic carbocycles. The third kappa shape index (κ3) is 4.99. The van der Waals surface area contributed by atoms with Crippen molar-refractivity contribution < 1.29 is 22.4 Å². The molecule has 0 bridgehead atoms. The Kier molecular flexibility index (Phi) is 5.61. The van der Waals surface area contributed by atoms with E-state index in [1.807, 2.05) is 0 Å². The third-order valence-corrected chi connectivity index (χ3v) is 2.76. The van der Waals surface area contributed by atoms with Gasteiger partial charge in [-0.1, -0.05) is 27.5 Å². The quantitative estimate of drug-likeness (QED) is 0.588. The molecule has 1 aromatic carbocycles. The van der Waals surface area contributed by atoms with Gasteiger partial charge in [-0.15, -0.1) is 0 Å². The molecular formula is C11H9BrClF4NO. The summed E-state index contributed by atoms with van der Waals surface area (Å²) in [4.78, 5) is 12.4. The number of hydrogen-bond donors (Lipinski definition) is 0. The van der Waals surface area contributed by atoms with Gasteiger partial charge in [0.2, 0.25) is 0 Å². The summed E-state index contributed by atoms with van der Waals surface area (Å²) in [6.45, 7) is -1.61. The van der Waals surface area contributed by atoms with E-state index in [9.17, 15) is 22.4 Å². The lowest BCUT2D eigenvalue weighted by Gasteiger charge is -2.23. The van der Waals surface area contributed by atoms with Gasteiger partial charge in [0.05, 0.1) is 5.56 Å². The van der Waals surface area contributed by atoms with Crippen LogP contribution in [0.25, 0.3) is 0 Å². The number of nitrogens with zero attached hydrogens (tertiary/aromatic N) is 1. The van der Waals surface area contributed by atoms with Gasteiger partial charge in [0.1, 0.15) is 12.4 Å². The second kappa shape index (κ2) is 6.56. The lowest BCUT2D eigenvalue weighted by molar-refractivity contribution is -0.140. The summed E-state index contributed by atoms with van der Waals surface area (Å²) >= 11 is 8.47. The molecule has 0 aliphatic rings. The van der Waals surface area contributed by atoms with Crippen molar-refractivity contribution in [1.82, 2.24) is 4.90 Å². The Morgan fingerprint density at radius 2 is 2.00 bits per heavy atom. The molecule has 0 radical (unpaired) electrons. The minimum atomic E-state index is -4.54. The van der Waals surface area contributed by atoms with Crippen LogP contribution in [0.3, 0.4) is 0 Å². The standard InChI is InChI=1S/C11H9BrClF4NO/c12-3-4-18(6-11(15,16)17)10(19)8-2-1-7(13)5-9(8)14/h1-2,5H,3-4,6H2. The fourth-order valence-corrected chi connectivity index (χ4v) is 1.99. The summed E-state index contributed by atoms with van der Waals surface area (Å²) in [6, 6.07) is 3.20. The Hall–Kier alpha value is -0.820. The first-order valence-electron chi connectivity index (χ1n) is 5.11. The summed E-state index contributed by atoms with van der Waals surface area (Å²) < 4.78 is 50.5. The van der Waals surface area contributed by atoms with E-state index >= 15 is 0 Å². The summed E-state index contributed by atoms with van der Waals surface area (Å²) in [5, 5.41) is 0.223. The van der Waals surface area contributed by atoms with Gasteiger partial charge in [-0.3, -0.25) is 4.79 Å². The van der Waals surface area contributed by atoms with Crippen molar-refractivity contribution in [3.63, 3.8) is 0 Å². The molecular weight excluding hydrogens is 353 g/mol. The highest BCUT2D eigenvalue weighted by molar-refractivity contribution is 9.09. The Labute approximate surface area is 120 Å². The predicted molar refractivity (Wildman–Crippen MR) is 67.2 cm³/mol. The molecule has 0 heterocycles. The van der Waals surface area contributed by atoms with Gasteiger partial charge in [-0.25, -0.2) is 4.39 Å². The van der Waals surface area contributed by atoms with Crippen molar-refractivity contribution in [3.8, 4) is 0 Å². The number of halogens is 6. The zero-order valence-electron chi connectivity index (χ0n) is 9.48. The molecule has 2 nitrogen and oxygen atoms in total. The fourth-order valence-electron chi connectivity index (χ4n) is 1.40. The first-order chi connectivity index (χ1) is 8.74. The summed E-state index contributed by atoms with van der Waals surface area (Å²) in [7, 11) is 0. The van der Waals surface area contributed by atoms with E-state index in [0.29, 0.717) is 4.90 Å². The molecule has 106 valence electrons. The second-order valence-corrected chi connectivity index (χ2v) is 4.88. The van der Waals surface area contributed by atoms with Crippen LogP contribution >= 0.6 is 27.5 Å². The van der Waals surface area contributed by atoms with Crippen LogP contribution in [0.15, 0.2) is 18.2 Å². The predicted octanol–water partition coefficient (Wildman–Crippen LogP) is 3.88. The van der Waals surface area contributed by atoms with Gasteiger partial charge in [0.25, 0.3) is 5.91 Å². The van der Waals surface area contributed by atoms with Crippen LogP contribution in [-0.2, 0) is 0 Å². The van der Waals surface area contributed by atoms with Gasteiger partial charge in [-0.2, -0.15) is 13.2 Å². The van der Waals surface area contributed by atoms with Gasteiger partial charge >= 0.3 is 6.18 Å². The van der Waals surface area contributed by atoms with Crippen LogP contribution in [0.4, 0.5) is 17.6 Å². The summed E-state index contributed by atoms with van der Waals surface area (Å²) in [6.07, 6.45) is -4.54. The van der Waals surface area contributed by atoms with Crippen LogP contribution in [0.1, 0.15) is 10.4 Å². The maximum Gasteiger partial charge on any atom is 0.406 e. The van der Waals surface area contributed by atoms with Crippen molar-refractivity contribution in [2.24, 2.45) is 0 Å². The van der Waals surface area contributed by atoms with Crippen LogP contribution in [-0.4, -0.2) is 35.4 Å². The zero-order chi connectivity index (χ0) is 14.6. The molecule has 1 rings (SSSR count). The Morgan fingerprint density at radius 3 is 2.47 bits per heavy atom. The SMILES string of the molecule is O=C(c1ccc(Cl)cc1F)N(CCBr)CC(F)(F)F. The van der Waals surface area contributed by atoms with E-state index in [0.717, 1.165) is 12.1 Å². The maximum atomic E-state index is 13.5.